The number of ketones is 1. The van der Waals surface area contributed by atoms with E-state index in [-0.39, 0.29) is 44.7 Å². The molecule has 1 aliphatic rings. The van der Waals surface area contributed by atoms with Crippen LogP contribution in [0.3, 0.4) is 0 Å². The van der Waals surface area contributed by atoms with Crippen LogP contribution >= 0.6 is 0 Å². The number of nitrogens with zero attached hydrogens (tertiary/aromatic N) is 1. The third kappa shape index (κ3) is 4.67. The molecular weight excluding hydrogens is 525 g/mol. The third-order valence-electron chi connectivity index (χ3n) is 7.91. The van der Waals surface area contributed by atoms with Crippen LogP contribution in [-0.2, 0) is 5.41 Å². The molecule has 5 aromatic rings. The van der Waals surface area contributed by atoms with Gasteiger partial charge in [-0.05, 0) is 72.9 Å². The lowest BCUT2D eigenvalue weighted by molar-refractivity contribution is -0.384. The second kappa shape index (κ2) is 9.82. The van der Waals surface area contributed by atoms with E-state index in [1.807, 2.05) is 30.3 Å². The Morgan fingerprint density at radius 3 is 2.32 bits per heavy atom. The molecule has 1 fully saturated rings. The molecule has 1 aliphatic carbocycles. The number of Topliss-reactive ketones (excluding diaryl/α,β-unsaturated/α-hetero) is 1. The van der Waals surface area contributed by atoms with Crippen LogP contribution in [0.2, 0.25) is 0 Å². The number of fused-ring (bicyclic) bond motifs is 1. The topological polar surface area (TPSA) is 111 Å². The number of halogens is 1. The Morgan fingerprint density at radius 2 is 1.68 bits per heavy atom. The predicted molar refractivity (Wildman–Crippen MR) is 152 cm³/mol. The summed E-state index contributed by atoms with van der Waals surface area (Å²) in [6, 6.07) is 22.8. The lowest BCUT2D eigenvalue weighted by atomic mass is 9.87. The zero-order valence-corrected chi connectivity index (χ0v) is 22.0. The van der Waals surface area contributed by atoms with Gasteiger partial charge in [0, 0.05) is 28.3 Å². The standard InChI is InChI=1S/C33H24FNO6/c1-19-7-8-21(28(36)18-33(13-14-33)22-5-3-2-4-6-22)15-24(19)25-16-26-29(17-27(25)35(39)40)41-31(30(26)32(37)38)20-9-11-23(34)12-10-20/h2-12,15-17H,13-14,18H2,1H3,(H,37,38). The smallest absolute Gasteiger partial charge is 0.340 e. The molecule has 4 aromatic carbocycles. The second-order valence-corrected chi connectivity index (χ2v) is 10.5. The maximum atomic E-state index is 13.5. The van der Waals surface area contributed by atoms with Gasteiger partial charge < -0.3 is 9.52 Å². The predicted octanol–water partition coefficient (Wildman–Crippen LogP) is 8.13. The zero-order valence-electron chi connectivity index (χ0n) is 22.0. The molecule has 41 heavy (non-hydrogen) atoms. The van der Waals surface area contributed by atoms with Crippen LogP contribution in [-0.4, -0.2) is 21.8 Å². The Hall–Kier alpha value is -5.11. The van der Waals surface area contributed by atoms with Gasteiger partial charge in [-0.15, -0.1) is 0 Å². The van der Waals surface area contributed by atoms with Crippen molar-refractivity contribution in [2.24, 2.45) is 0 Å². The highest BCUT2D eigenvalue weighted by molar-refractivity contribution is 6.10. The molecule has 0 saturated heterocycles. The first-order valence-corrected chi connectivity index (χ1v) is 13.1. The average Bonchev–Trinajstić information content (AvgIpc) is 3.64. The number of aryl methyl sites for hydroxylation is 1. The zero-order chi connectivity index (χ0) is 28.9. The Bertz CT molecular complexity index is 1850. The summed E-state index contributed by atoms with van der Waals surface area (Å²) in [6.45, 7) is 1.78. The van der Waals surface area contributed by atoms with Crippen LogP contribution in [0, 0.1) is 22.9 Å². The van der Waals surface area contributed by atoms with Crippen LogP contribution in [0.1, 0.15) is 51.1 Å². The van der Waals surface area contributed by atoms with Crippen LogP contribution in [0.15, 0.2) is 89.3 Å². The molecule has 0 unspecified atom stereocenters. The first-order chi connectivity index (χ1) is 19.7. The molecule has 204 valence electrons. The highest BCUT2D eigenvalue weighted by atomic mass is 19.1. The van der Waals surface area contributed by atoms with Crippen molar-refractivity contribution in [1.29, 1.82) is 0 Å². The van der Waals surface area contributed by atoms with Gasteiger partial charge in [0.25, 0.3) is 5.69 Å². The molecule has 0 amide bonds. The highest BCUT2D eigenvalue weighted by Gasteiger charge is 2.45. The number of hydrogen-bond acceptors (Lipinski definition) is 5. The summed E-state index contributed by atoms with van der Waals surface area (Å²) in [7, 11) is 0. The summed E-state index contributed by atoms with van der Waals surface area (Å²) in [5, 5.41) is 22.4. The minimum atomic E-state index is -1.29. The number of rotatable bonds is 8. The number of benzene rings is 4. The van der Waals surface area contributed by atoms with Gasteiger partial charge >= 0.3 is 5.97 Å². The summed E-state index contributed by atoms with van der Waals surface area (Å²) in [4.78, 5) is 37.5. The number of carboxylic acid groups (broad SMARTS) is 1. The van der Waals surface area contributed by atoms with Crippen molar-refractivity contribution in [1.82, 2.24) is 0 Å². The number of carboxylic acids is 1. The molecular formula is C33H24FNO6. The normalized spacial score (nSPS) is 13.7. The van der Waals surface area contributed by atoms with Gasteiger partial charge in [-0.2, -0.15) is 0 Å². The van der Waals surface area contributed by atoms with E-state index in [9.17, 15) is 29.2 Å². The summed E-state index contributed by atoms with van der Waals surface area (Å²) < 4.78 is 19.3. The van der Waals surface area contributed by atoms with E-state index in [4.69, 9.17) is 4.42 Å². The van der Waals surface area contributed by atoms with Gasteiger partial charge in [0.15, 0.2) is 5.78 Å². The second-order valence-electron chi connectivity index (χ2n) is 10.5. The number of furan rings is 1. The van der Waals surface area contributed by atoms with Crippen molar-refractivity contribution in [3.8, 4) is 22.5 Å². The molecule has 1 aromatic heterocycles. The molecule has 1 heterocycles. The fourth-order valence-corrected chi connectivity index (χ4v) is 5.52. The number of nitro groups is 1. The molecule has 8 heteroatoms. The number of carbonyl (C=O) groups excluding carboxylic acids is 1. The molecule has 0 atom stereocenters. The average molecular weight is 550 g/mol. The van der Waals surface area contributed by atoms with E-state index < -0.39 is 16.7 Å². The van der Waals surface area contributed by atoms with E-state index >= 15 is 0 Å². The van der Waals surface area contributed by atoms with Gasteiger partial charge in [0.05, 0.1) is 16.6 Å². The molecule has 7 nitrogen and oxygen atoms in total. The monoisotopic (exact) mass is 549 g/mol. The van der Waals surface area contributed by atoms with Crippen LogP contribution in [0.25, 0.3) is 33.4 Å². The first kappa shape index (κ1) is 26.1. The number of carbonyl (C=O) groups is 2. The van der Waals surface area contributed by atoms with E-state index in [2.05, 4.69) is 0 Å². The maximum Gasteiger partial charge on any atom is 0.340 e. The number of aromatic carboxylic acids is 1. The van der Waals surface area contributed by atoms with Crippen molar-refractivity contribution >= 4 is 28.4 Å². The summed E-state index contributed by atoms with van der Waals surface area (Å²) >= 11 is 0. The Labute approximate surface area is 234 Å². The van der Waals surface area contributed by atoms with E-state index in [0.29, 0.717) is 28.7 Å². The van der Waals surface area contributed by atoms with E-state index in [0.717, 1.165) is 18.4 Å². The van der Waals surface area contributed by atoms with E-state index in [1.165, 1.54) is 36.4 Å². The number of nitro benzene ring substituents is 1. The summed E-state index contributed by atoms with van der Waals surface area (Å²) in [5.74, 6) is -1.89. The molecule has 0 radical (unpaired) electrons. The fraction of sp³-hybridized carbons (Fsp3) is 0.152. The van der Waals surface area contributed by atoms with E-state index in [1.54, 1.807) is 25.1 Å². The third-order valence-corrected chi connectivity index (χ3v) is 7.91. The largest absolute Gasteiger partial charge is 0.478 e. The van der Waals surface area contributed by atoms with Crippen molar-refractivity contribution in [3.63, 3.8) is 0 Å². The molecule has 1 N–H and O–H groups in total. The lowest BCUT2D eigenvalue weighted by Gasteiger charge is -2.16. The van der Waals surface area contributed by atoms with Crippen LogP contribution in [0.5, 0.6) is 0 Å². The fourth-order valence-electron chi connectivity index (χ4n) is 5.52. The Kier molecular flexibility index (Phi) is 6.26. The van der Waals surface area contributed by atoms with Gasteiger partial charge in [0.1, 0.15) is 22.7 Å². The minimum Gasteiger partial charge on any atom is -0.478 e. The lowest BCUT2D eigenvalue weighted by Crippen LogP contribution is -2.14. The Balaban J connectivity index is 1.46. The molecule has 0 aliphatic heterocycles. The van der Waals surface area contributed by atoms with Crippen molar-refractivity contribution in [3.05, 3.63) is 123 Å². The van der Waals surface area contributed by atoms with Gasteiger partial charge in [0.2, 0.25) is 0 Å². The van der Waals surface area contributed by atoms with Crippen molar-refractivity contribution in [2.75, 3.05) is 0 Å². The van der Waals surface area contributed by atoms with Gasteiger partial charge in [-0.25, -0.2) is 9.18 Å². The summed E-state index contributed by atoms with van der Waals surface area (Å²) in [6.07, 6.45) is 2.16. The number of hydrogen-bond donors (Lipinski definition) is 1. The van der Waals surface area contributed by atoms with Crippen LogP contribution in [0.4, 0.5) is 10.1 Å². The van der Waals surface area contributed by atoms with Crippen LogP contribution < -0.4 is 0 Å². The first-order valence-electron chi connectivity index (χ1n) is 13.1. The highest BCUT2D eigenvalue weighted by Crippen LogP contribution is 2.51. The Morgan fingerprint density at radius 1 is 0.976 bits per heavy atom. The molecule has 1 saturated carbocycles. The SMILES string of the molecule is Cc1ccc(C(=O)CC2(c3ccccc3)CC2)cc1-c1cc2c(C(=O)O)c(-c3ccc(F)cc3)oc2cc1[N+](=O)[O-]. The van der Waals surface area contributed by atoms with Crippen molar-refractivity contribution in [2.45, 2.75) is 31.6 Å². The quantitative estimate of drug-likeness (QED) is 0.119. The minimum absolute atomic E-state index is 0.0144. The molecule has 0 spiro atoms. The maximum absolute atomic E-state index is 13.5. The summed E-state index contributed by atoms with van der Waals surface area (Å²) in [5.41, 5.74) is 2.53. The molecule has 6 rings (SSSR count). The molecule has 0 bridgehead atoms. The van der Waals surface area contributed by atoms with Crippen molar-refractivity contribution < 1.29 is 28.4 Å². The van der Waals surface area contributed by atoms with Gasteiger partial charge in [-0.1, -0.05) is 42.5 Å². The van der Waals surface area contributed by atoms with Gasteiger partial charge in [-0.3, -0.25) is 14.9 Å².